The lowest BCUT2D eigenvalue weighted by Crippen LogP contribution is -2.05. The Morgan fingerprint density at radius 1 is 1.39 bits per heavy atom. The maximum absolute atomic E-state index is 12.1. The van der Waals surface area contributed by atoms with Crippen LogP contribution in [0.3, 0.4) is 0 Å². The third-order valence-corrected chi connectivity index (χ3v) is 3.57. The number of rotatable bonds is 4. The Hall–Kier alpha value is -1.90. The number of carbonyl (C=O) groups excluding carboxylic acids is 1. The molecule has 1 fully saturated rings. The summed E-state index contributed by atoms with van der Waals surface area (Å²) in [5.74, 6) is 1.000. The summed E-state index contributed by atoms with van der Waals surface area (Å²) in [7, 11) is 1.87. The SMILES string of the molecule is Cn1cc(CC(=O)C2CC2c2ccccc2)cn1. The van der Waals surface area contributed by atoms with E-state index in [0.717, 1.165) is 12.0 Å². The van der Waals surface area contributed by atoms with E-state index in [-0.39, 0.29) is 5.92 Å². The summed E-state index contributed by atoms with van der Waals surface area (Å²) >= 11 is 0. The lowest BCUT2D eigenvalue weighted by molar-refractivity contribution is -0.119. The number of aryl methyl sites for hydroxylation is 1. The number of ketones is 1. The molecule has 1 saturated carbocycles. The number of aromatic nitrogens is 2. The minimum absolute atomic E-state index is 0.215. The second-order valence-electron chi connectivity index (χ2n) is 5.02. The number of hydrogen-bond donors (Lipinski definition) is 0. The molecule has 18 heavy (non-hydrogen) atoms. The zero-order chi connectivity index (χ0) is 12.5. The van der Waals surface area contributed by atoms with Gasteiger partial charge in [-0.15, -0.1) is 0 Å². The summed E-state index contributed by atoms with van der Waals surface area (Å²) in [5.41, 5.74) is 2.31. The minimum Gasteiger partial charge on any atom is -0.299 e. The van der Waals surface area contributed by atoms with Crippen molar-refractivity contribution in [2.24, 2.45) is 13.0 Å². The molecule has 0 spiro atoms. The number of hydrogen-bond acceptors (Lipinski definition) is 2. The van der Waals surface area contributed by atoms with Gasteiger partial charge in [0.2, 0.25) is 0 Å². The number of benzene rings is 1. The third-order valence-electron chi connectivity index (χ3n) is 3.57. The Morgan fingerprint density at radius 3 is 2.83 bits per heavy atom. The number of nitrogens with zero attached hydrogens (tertiary/aromatic N) is 2. The molecule has 2 atom stereocenters. The maximum Gasteiger partial charge on any atom is 0.141 e. The molecule has 3 rings (SSSR count). The summed E-state index contributed by atoms with van der Waals surface area (Å²) in [4.78, 5) is 12.1. The van der Waals surface area contributed by atoms with E-state index in [9.17, 15) is 4.79 Å². The number of carbonyl (C=O) groups is 1. The van der Waals surface area contributed by atoms with Gasteiger partial charge in [0.05, 0.1) is 6.20 Å². The molecule has 2 aromatic rings. The highest BCUT2D eigenvalue weighted by Gasteiger charge is 2.43. The Bertz CT molecular complexity index is 559. The molecule has 1 aromatic carbocycles. The van der Waals surface area contributed by atoms with Crippen molar-refractivity contribution in [1.82, 2.24) is 9.78 Å². The Morgan fingerprint density at radius 2 is 2.17 bits per heavy atom. The van der Waals surface area contributed by atoms with Crippen molar-refractivity contribution in [3.63, 3.8) is 0 Å². The van der Waals surface area contributed by atoms with E-state index >= 15 is 0 Å². The molecule has 0 N–H and O–H groups in total. The van der Waals surface area contributed by atoms with E-state index in [2.05, 4.69) is 17.2 Å². The van der Waals surface area contributed by atoms with E-state index in [1.54, 1.807) is 10.9 Å². The molecule has 1 aliphatic carbocycles. The molecule has 2 unspecified atom stereocenters. The molecule has 1 heterocycles. The third kappa shape index (κ3) is 2.21. The molecular weight excluding hydrogens is 224 g/mol. The largest absolute Gasteiger partial charge is 0.299 e. The summed E-state index contributed by atoms with van der Waals surface area (Å²) in [6, 6.07) is 10.3. The monoisotopic (exact) mass is 240 g/mol. The lowest BCUT2D eigenvalue weighted by Gasteiger charge is -1.99. The van der Waals surface area contributed by atoms with Crippen LogP contribution in [0.5, 0.6) is 0 Å². The number of Topliss-reactive ketones (excluding diaryl/α,β-unsaturated/α-hetero) is 1. The quantitative estimate of drug-likeness (QED) is 0.822. The molecule has 0 amide bonds. The van der Waals surface area contributed by atoms with Crippen molar-refractivity contribution in [3.05, 3.63) is 53.9 Å². The van der Waals surface area contributed by atoms with Crippen molar-refractivity contribution in [3.8, 4) is 0 Å². The van der Waals surface area contributed by atoms with Gasteiger partial charge in [0.25, 0.3) is 0 Å². The zero-order valence-corrected chi connectivity index (χ0v) is 10.4. The topological polar surface area (TPSA) is 34.9 Å². The Labute approximate surface area is 106 Å². The van der Waals surface area contributed by atoms with E-state index in [0.29, 0.717) is 18.1 Å². The van der Waals surface area contributed by atoms with Gasteiger partial charge >= 0.3 is 0 Å². The first-order valence-corrected chi connectivity index (χ1v) is 6.29. The van der Waals surface area contributed by atoms with Gasteiger partial charge in [0.15, 0.2) is 0 Å². The molecule has 1 aliphatic rings. The van der Waals surface area contributed by atoms with Crippen LogP contribution in [0.1, 0.15) is 23.5 Å². The van der Waals surface area contributed by atoms with Gasteiger partial charge in [-0.1, -0.05) is 30.3 Å². The summed E-state index contributed by atoms with van der Waals surface area (Å²) in [6.45, 7) is 0. The highest BCUT2D eigenvalue weighted by atomic mass is 16.1. The van der Waals surface area contributed by atoms with Gasteiger partial charge in [-0.25, -0.2) is 0 Å². The van der Waals surface area contributed by atoms with E-state index in [1.807, 2.05) is 31.4 Å². The van der Waals surface area contributed by atoms with Gasteiger partial charge in [-0.05, 0) is 23.5 Å². The van der Waals surface area contributed by atoms with Crippen LogP contribution < -0.4 is 0 Å². The van der Waals surface area contributed by atoms with Gasteiger partial charge in [-0.2, -0.15) is 5.10 Å². The molecule has 0 radical (unpaired) electrons. The predicted octanol–water partition coefficient (Wildman–Crippen LogP) is 2.34. The van der Waals surface area contributed by atoms with E-state index < -0.39 is 0 Å². The molecule has 1 aromatic heterocycles. The Balaban J connectivity index is 1.63. The first-order valence-electron chi connectivity index (χ1n) is 6.29. The van der Waals surface area contributed by atoms with Crippen LogP contribution in [0.15, 0.2) is 42.7 Å². The average Bonchev–Trinajstić information content (AvgIpc) is 3.09. The molecule has 0 bridgehead atoms. The minimum atomic E-state index is 0.215. The van der Waals surface area contributed by atoms with Crippen molar-refractivity contribution in [1.29, 1.82) is 0 Å². The van der Waals surface area contributed by atoms with E-state index in [4.69, 9.17) is 0 Å². The van der Waals surface area contributed by atoms with Crippen LogP contribution in [-0.4, -0.2) is 15.6 Å². The first-order chi connectivity index (χ1) is 8.74. The fourth-order valence-electron chi connectivity index (χ4n) is 2.51. The second kappa shape index (κ2) is 4.41. The molecule has 3 heteroatoms. The Kier molecular flexibility index (Phi) is 2.74. The predicted molar refractivity (Wildman–Crippen MR) is 69.2 cm³/mol. The van der Waals surface area contributed by atoms with Crippen LogP contribution >= 0.6 is 0 Å². The van der Waals surface area contributed by atoms with Crippen LogP contribution in [0.4, 0.5) is 0 Å². The highest BCUT2D eigenvalue weighted by molar-refractivity contribution is 5.86. The van der Waals surface area contributed by atoms with Crippen molar-refractivity contribution >= 4 is 5.78 Å². The second-order valence-corrected chi connectivity index (χ2v) is 5.02. The standard InChI is InChI=1S/C15H16N2O/c1-17-10-11(9-16-17)7-15(18)14-8-13(14)12-5-3-2-4-6-12/h2-6,9-10,13-14H,7-8H2,1H3. The fraction of sp³-hybridized carbons (Fsp3) is 0.333. The normalized spacial score (nSPS) is 21.8. The van der Waals surface area contributed by atoms with Gasteiger partial charge < -0.3 is 0 Å². The van der Waals surface area contributed by atoms with Crippen molar-refractivity contribution in [2.75, 3.05) is 0 Å². The molecule has 0 aliphatic heterocycles. The van der Waals surface area contributed by atoms with Crippen molar-refractivity contribution < 1.29 is 4.79 Å². The maximum atomic E-state index is 12.1. The molecular formula is C15H16N2O. The van der Waals surface area contributed by atoms with Crippen LogP contribution in [0, 0.1) is 5.92 Å². The van der Waals surface area contributed by atoms with E-state index in [1.165, 1.54) is 5.56 Å². The van der Waals surface area contributed by atoms with Crippen LogP contribution in [0.2, 0.25) is 0 Å². The van der Waals surface area contributed by atoms with Crippen molar-refractivity contribution in [2.45, 2.75) is 18.8 Å². The van der Waals surface area contributed by atoms with Crippen LogP contribution in [-0.2, 0) is 18.3 Å². The highest BCUT2D eigenvalue weighted by Crippen LogP contribution is 2.48. The van der Waals surface area contributed by atoms with Gasteiger partial charge in [-0.3, -0.25) is 9.48 Å². The molecule has 0 saturated heterocycles. The molecule has 92 valence electrons. The fourth-order valence-corrected chi connectivity index (χ4v) is 2.51. The summed E-state index contributed by atoms with van der Waals surface area (Å²) in [6.07, 6.45) is 5.21. The summed E-state index contributed by atoms with van der Waals surface area (Å²) < 4.78 is 1.74. The average molecular weight is 240 g/mol. The first kappa shape index (κ1) is 11.2. The summed E-state index contributed by atoms with van der Waals surface area (Å²) in [5, 5.41) is 4.09. The zero-order valence-electron chi connectivity index (χ0n) is 10.4. The lowest BCUT2D eigenvalue weighted by atomic mass is 10.0. The van der Waals surface area contributed by atoms with Gasteiger partial charge in [0.1, 0.15) is 5.78 Å². The smallest absolute Gasteiger partial charge is 0.141 e. The molecule has 3 nitrogen and oxygen atoms in total. The van der Waals surface area contributed by atoms with Crippen LogP contribution in [0.25, 0.3) is 0 Å². The van der Waals surface area contributed by atoms with Gasteiger partial charge in [0, 0.05) is 25.6 Å².